The molecule has 2 aromatic carbocycles. The molecule has 4 amide bonds. The summed E-state index contributed by atoms with van der Waals surface area (Å²) in [4.78, 5) is 37.1. The fraction of sp³-hybridized carbons (Fsp3) is 0.348. The quantitative estimate of drug-likeness (QED) is 0.558. The largest absolute Gasteiger partial charge is 0.416 e. The lowest BCUT2D eigenvalue weighted by atomic mass is 9.89. The zero-order valence-electron chi connectivity index (χ0n) is 17.7. The number of alkyl halides is 3. The van der Waals surface area contributed by atoms with Crippen molar-refractivity contribution in [1.82, 2.24) is 16.0 Å². The van der Waals surface area contributed by atoms with E-state index >= 15 is 0 Å². The zero-order valence-corrected chi connectivity index (χ0v) is 17.7. The molecule has 0 saturated carbocycles. The molecule has 1 saturated heterocycles. The predicted molar refractivity (Wildman–Crippen MR) is 113 cm³/mol. The lowest BCUT2D eigenvalue weighted by molar-refractivity contribution is -0.137. The first-order valence-electron chi connectivity index (χ1n) is 10.2. The molecule has 0 aliphatic carbocycles. The number of halogens is 3. The lowest BCUT2D eigenvalue weighted by Gasteiger charge is -2.27. The van der Waals surface area contributed by atoms with Crippen LogP contribution in [0.5, 0.6) is 0 Å². The number of benzene rings is 2. The van der Waals surface area contributed by atoms with Crippen molar-refractivity contribution < 1.29 is 27.6 Å². The SMILES string of the molecule is CC(C)CC[C@]1(CNC(=O)c2ccccc2-c2ccc(C(F)(F)F)cc2)NC(=O)NC1=O. The minimum absolute atomic E-state index is 0.114. The van der Waals surface area contributed by atoms with Gasteiger partial charge in [-0.15, -0.1) is 0 Å². The Bertz CT molecular complexity index is 1020. The number of rotatable bonds is 7. The molecular weight excluding hydrogens is 423 g/mol. The smallest absolute Gasteiger partial charge is 0.349 e. The zero-order chi connectivity index (χ0) is 23.5. The summed E-state index contributed by atoms with van der Waals surface area (Å²) in [5.41, 5.74) is -0.880. The van der Waals surface area contributed by atoms with E-state index in [1.807, 2.05) is 13.8 Å². The van der Waals surface area contributed by atoms with Crippen molar-refractivity contribution in [3.63, 3.8) is 0 Å². The van der Waals surface area contributed by atoms with Crippen molar-refractivity contribution in [3.05, 3.63) is 59.7 Å². The maximum absolute atomic E-state index is 13.0. The van der Waals surface area contributed by atoms with Crippen LogP contribution in [0.15, 0.2) is 48.5 Å². The molecule has 0 radical (unpaired) electrons. The van der Waals surface area contributed by atoms with Crippen molar-refractivity contribution in [2.45, 2.75) is 38.4 Å². The Hall–Kier alpha value is -3.36. The van der Waals surface area contributed by atoms with E-state index in [2.05, 4.69) is 16.0 Å². The highest BCUT2D eigenvalue weighted by Crippen LogP contribution is 2.32. The van der Waals surface area contributed by atoms with E-state index in [0.29, 0.717) is 24.0 Å². The van der Waals surface area contributed by atoms with E-state index in [-0.39, 0.29) is 18.0 Å². The normalized spacial score (nSPS) is 18.4. The number of carbonyl (C=O) groups excluding carboxylic acids is 3. The Labute approximate surface area is 183 Å². The van der Waals surface area contributed by atoms with E-state index in [9.17, 15) is 27.6 Å². The van der Waals surface area contributed by atoms with E-state index in [0.717, 1.165) is 12.1 Å². The molecule has 6 nitrogen and oxygen atoms in total. The molecule has 3 rings (SSSR count). The van der Waals surface area contributed by atoms with Gasteiger partial charge in [0.15, 0.2) is 0 Å². The van der Waals surface area contributed by atoms with Crippen molar-refractivity contribution in [2.24, 2.45) is 5.92 Å². The van der Waals surface area contributed by atoms with Gasteiger partial charge in [-0.2, -0.15) is 13.2 Å². The van der Waals surface area contributed by atoms with Crippen molar-refractivity contribution in [3.8, 4) is 11.1 Å². The second kappa shape index (κ2) is 9.02. The first-order chi connectivity index (χ1) is 15.0. The summed E-state index contributed by atoms with van der Waals surface area (Å²) >= 11 is 0. The maximum atomic E-state index is 13.0. The van der Waals surface area contributed by atoms with Crippen LogP contribution in [0.1, 0.15) is 42.6 Å². The van der Waals surface area contributed by atoms with Crippen molar-refractivity contribution >= 4 is 17.8 Å². The number of urea groups is 1. The number of nitrogens with one attached hydrogen (secondary N) is 3. The highest BCUT2D eigenvalue weighted by molar-refractivity contribution is 6.08. The average Bonchev–Trinajstić information content (AvgIpc) is 3.03. The van der Waals surface area contributed by atoms with Gasteiger partial charge in [-0.1, -0.05) is 44.2 Å². The van der Waals surface area contributed by atoms with Crippen molar-refractivity contribution in [2.75, 3.05) is 6.54 Å². The molecule has 1 fully saturated rings. The minimum Gasteiger partial charge on any atom is -0.349 e. The standard InChI is InChI=1S/C23H24F3N3O3/c1-14(2)11-12-22(20(31)28-21(32)29-22)13-27-19(30)18-6-4-3-5-17(18)15-7-9-16(10-8-15)23(24,25)26/h3-10,14H,11-13H2,1-2H3,(H,27,30)(H2,28,29,31,32)/t22-/m1/s1. The third-order valence-corrected chi connectivity index (χ3v) is 5.41. The van der Waals surface area contributed by atoms with E-state index in [1.165, 1.54) is 12.1 Å². The summed E-state index contributed by atoms with van der Waals surface area (Å²) in [5.74, 6) is -0.717. The molecule has 3 N–H and O–H groups in total. The molecular formula is C23H24F3N3O3. The third kappa shape index (κ3) is 5.09. The highest BCUT2D eigenvalue weighted by Gasteiger charge is 2.46. The van der Waals surface area contributed by atoms with E-state index in [1.54, 1.807) is 24.3 Å². The first-order valence-corrected chi connectivity index (χ1v) is 10.2. The van der Waals surface area contributed by atoms with Crippen LogP contribution < -0.4 is 16.0 Å². The molecule has 170 valence electrons. The van der Waals surface area contributed by atoms with Gasteiger partial charge in [0.05, 0.1) is 12.1 Å². The summed E-state index contributed by atoms with van der Waals surface area (Å²) in [6, 6.07) is 10.4. The fourth-order valence-electron chi connectivity index (χ4n) is 3.55. The van der Waals surface area contributed by atoms with Crippen LogP contribution in [-0.4, -0.2) is 29.9 Å². The molecule has 1 heterocycles. The Balaban J connectivity index is 1.81. The van der Waals surface area contributed by atoms with Crippen LogP contribution in [0.3, 0.4) is 0 Å². The predicted octanol–water partition coefficient (Wildman–Crippen LogP) is 4.12. The van der Waals surface area contributed by atoms with Gasteiger partial charge < -0.3 is 10.6 Å². The fourth-order valence-corrected chi connectivity index (χ4v) is 3.55. The number of carbonyl (C=O) groups is 3. The van der Waals surface area contributed by atoms with Gasteiger partial charge in [0.25, 0.3) is 11.8 Å². The summed E-state index contributed by atoms with van der Waals surface area (Å²) in [7, 11) is 0. The van der Waals surface area contributed by atoms with Crippen LogP contribution in [-0.2, 0) is 11.0 Å². The van der Waals surface area contributed by atoms with Crippen LogP contribution >= 0.6 is 0 Å². The Morgan fingerprint density at radius 1 is 1.06 bits per heavy atom. The molecule has 0 bridgehead atoms. The molecule has 0 aromatic heterocycles. The van der Waals surface area contributed by atoms with E-state index < -0.39 is 35.1 Å². The topological polar surface area (TPSA) is 87.3 Å². The summed E-state index contributed by atoms with van der Waals surface area (Å²) < 4.78 is 38.6. The molecule has 0 unspecified atom stereocenters. The van der Waals surface area contributed by atoms with Crippen LogP contribution in [0.4, 0.5) is 18.0 Å². The molecule has 1 aliphatic heterocycles. The van der Waals surface area contributed by atoms with Gasteiger partial charge >= 0.3 is 12.2 Å². The third-order valence-electron chi connectivity index (χ3n) is 5.41. The molecule has 2 aromatic rings. The van der Waals surface area contributed by atoms with Gasteiger partial charge in [-0.25, -0.2) is 4.79 Å². The summed E-state index contributed by atoms with van der Waals surface area (Å²) in [6.45, 7) is 3.86. The Kier molecular flexibility index (Phi) is 6.57. The number of hydrogen-bond donors (Lipinski definition) is 3. The van der Waals surface area contributed by atoms with Gasteiger partial charge in [-0.05, 0) is 48.1 Å². The van der Waals surface area contributed by atoms with Crippen LogP contribution in [0, 0.1) is 5.92 Å². The van der Waals surface area contributed by atoms with Gasteiger partial charge in [0.2, 0.25) is 0 Å². The van der Waals surface area contributed by atoms with Crippen LogP contribution in [0.2, 0.25) is 0 Å². The molecule has 1 aliphatic rings. The summed E-state index contributed by atoms with van der Waals surface area (Å²) in [6.07, 6.45) is -3.44. The molecule has 32 heavy (non-hydrogen) atoms. The second-order valence-corrected chi connectivity index (χ2v) is 8.23. The van der Waals surface area contributed by atoms with Crippen molar-refractivity contribution in [1.29, 1.82) is 0 Å². The number of hydrogen-bond acceptors (Lipinski definition) is 3. The van der Waals surface area contributed by atoms with Gasteiger partial charge in [-0.3, -0.25) is 14.9 Å². The minimum atomic E-state index is -4.45. The molecule has 0 spiro atoms. The Morgan fingerprint density at radius 3 is 2.28 bits per heavy atom. The van der Waals surface area contributed by atoms with Gasteiger partial charge in [0.1, 0.15) is 5.54 Å². The molecule has 1 atom stereocenters. The lowest BCUT2D eigenvalue weighted by Crippen LogP contribution is -2.55. The number of imide groups is 1. The van der Waals surface area contributed by atoms with Gasteiger partial charge in [0, 0.05) is 5.56 Å². The monoisotopic (exact) mass is 447 g/mol. The Morgan fingerprint density at radius 2 is 1.72 bits per heavy atom. The molecule has 9 heteroatoms. The second-order valence-electron chi connectivity index (χ2n) is 8.23. The van der Waals surface area contributed by atoms with E-state index in [4.69, 9.17) is 0 Å². The van der Waals surface area contributed by atoms with Crippen LogP contribution in [0.25, 0.3) is 11.1 Å². The first kappa shape index (κ1) is 23.3. The maximum Gasteiger partial charge on any atom is 0.416 e. The summed E-state index contributed by atoms with van der Waals surface area (Å²) in [5, 5.41) is 7.55. The highest BCUT2D eigenvalue weighted by atomic mass is 19.4. The average molecular weight is 447 g/mol. The number of amides is 4.